The molecule has 0 unspecified atom stereocenters. The molecule has 0 radical (unpaired) electrons. The zero-order valence-corrected chi connectivity index (χ0v) is 20.8. The number of aliphatic hydroxyl groups is 1. The van der Waals surface area contributed by atoms with Gasteiger partial charge in [-0.05, 0) is 44.2 Å². The molecule has 0 amide bonds. The number of hydrogen-bond acceptors (Lipinski definition) is 7. The number of benzene rings is 1. The molecule has 8 nitrogen and oxygen atoms in total. The lowest BCUT2D eigenvalue weighted by molar-refractivity contribution is -0.0628. The first-order valence-corrected chi connectivity index (χ1v) is 12.0. The van der Waals surface area contributed by atoms with E-state index >= 15 is 0 Å². The lowest BCUT2D eigenvalue weighted by atomic mass is 9.96. The van der Waals surface area contributed by atoms with Crippen molar-refractivity contribution in [3.05, 3.63) is 64.5 Å². The largest absolute Gasteiger partial charge is 0.486 e. The van der Waals surface area contributed by atoms with Gasteiger partial charge >= 0.3 is 0 Å². The number of nitrogens with zero attached hydrogens (tertiary/aromatic N) is 4. The summed E-state index contributed by atoms with van der Waals surface area (Å²) in [6.07, 6.45) is 4.57. The molecule has 1 aromatic carbocycles. The fraction of sp³-hybridized carbons (Fsp3) is 0.320. The molecule has 1 aliphatic rings. The number of pyridine rings is 2. The highest BCUT2D eigenvalue weighted by atomic mass is 35.5. The molecule has 1 fully saturated rings. The Morgan fingerprint density at radius 1 is 1.14 bits per heavy atom. The van der Waals surface area contributed by atoms with Gasteiger partial charge in [-0.25, -0.2) is 4.98 Å². The number of H-pyrrole nitrogens is 1. The molecule has 5 rings (SSSR count). The summed E-state index contributed by atoms with van der Waals surface area (Å²) >= 11 is 12.6. The number of halogens is 2. The van der Waals surface area contributed by atoms with Gasteiger partial charge in [0.05, 0.1) is 28.8 Å². The maximum Gasteiger partial charge on any atom is 0.128 e. The molecule has 3 aromatic heterocycles. The quantitative estimate of drug-likeness (QED) is 0.340. The number of aromatic amines is 1. The van der Waals surface area contributed by atoms with Crippen LogP contribution < -0.4 is 9.64 Å². The van der Waals surface area contributed by atoms with Crippen molar-refractivity contribution in [1.29, 1.82) is 0 Å². The lowest BCUT2D eigenvalue weighted by Gasteiger charge is -2.48. The highest BCUT2D eigenvalue weighted by Gasteiger charge is 2.40. The second-order valence-electron chi connectivity index (χ2n) is 8.84. The molecule has 1 aliphatic heterocycles. The van der Waals surface area contributed by atoms with E-state index in [1.807, 2.05) is 50.4 Å². The van der Waals surface area contributed by atoms with Gasteiger partial charge in [-0.15, -0.1) is 0 Å². The van der Waals surface area contributed by atoms with E-state index in [1.54, 1.807) is 12.4 Å². The van der Waals surface area contributed by atoms with Crippen molar-refractivity contribution < 1.29 is 14.6 Å². The zero-order valence-electron chi connectivity index (χ0n) is 19.3. The smallest absolute Gasteiger partial charge is 0.128 e. The van der Waals surface area contributed by atoms with Crippen LogP contribution in [0.4, 0.5) is 5.82 Å². The van der Waals surface area contributed by atoms with Crippen molar-refractivity contribution in [2.24, 2.45) is 0 Å². The summed E-state index contributed by atoms with van der Waals surface area (Å²) in [7, 11) is 0. The Labute approximate surface area is 212 Å². The van der Waals surface area contributed by atoms with Crippen molar-refractivity contribution in [2.75, 3.05) is 31.2 Å². The Morgan fingerprint density at radius 2 is 1.91 bits per heavy atom. The SMILES string of the molecule is C[C@@H](Oc1ccc2[nH]nc(-c3ccc(N4CC(C)(OCCO)C4)nc3)c2c1)c1c(Cl)cncc1Cl. The second-order valence-corrected chi connectivity index (χ2v) is 9.65. The molecule has 4 heterocycles. The predicted octanol–water partition coefficient (Wildman–Crippen LogP) is 5.05. The number of nitrogens with one attached hydrogen (secondary N) is 1. The van der Waals surface area contributed by atoms with Crippen LogP contribution in [0.2, 0.25) is 10.0 Å². The Balaban J connectivity index is 1.34. The normalized spacial score (nSPS) is 15.7. The summed E-state index contributed by atoms with van der Waals surface area (Å²) in [5.74, 6) is 1.55. The Hall–Kier alpha value is -2.91. The van der Waals surface area contributed by atoms with E-state index in [-0.39, 0.29) is 18.3 Å². The first kappa shape index (κ1) is 23.8. The summed E-state index contributed by atoms with van der Waals surface area (Å²) in [5, 5.41) is 18.4. The van der Waals surface area contributed by atoms with Crippen LogP contribution in [0.3, 0.4) is 0 Å². The van der Waals surface area contributed by atoms with Gasteiger partial charge in [0, 0.05) is 48.2 Å². The summed E-state index contributed by atoms with van der Waals surface area (Å²) in [6, 6.07) is 9.75. The van der Waals surface area contributed by atoms with E-state index < -0.39 is 0 Å². The third kappa shape index (κ3) is 4.79. The van der Waals surface area contributed by atoms with Gasteiger partial charge < -0.3 is 19.5 Å². The number of aromatic nitrogens is 4. The molecule has 0 spiro atoms. The second kappa shape index (κ2) is 9.62. The van der Waals surface area contributed by atoms with E-state index in [4.69, 9.17) is 37.8 Å². The number of ether oxygens (including phenoxy) is 2. The van der Waals surface area contributed by atoms with Gasteiger partial charge in [0.15, 0.2) is 0 Å². The highest BCUT2D eigenvalue weighted by Crippen LogP contribution is 2.35. The van der Waals surface area contributed by atoms with Crippen LogP contribution in [-0.2, 0) is 4.74 Å². The fourth-order valence-electron chi connectivity index (χ4n) is 4.38. The number of hydrogen-bond donors (Lipinski definition) is 2. The van der Waals surface area contributed by atoms with Crippen LogP contribution in [0.25, 0.3) is 22.2 Å². The van der Waals surface area contributed by atoms with E-state index in [1.165, 1.54) is 0 Å². The summed E-state index contributed by atoms with van der Waals surface area (Å²) < 4.78 is 11.9. The number of aliphatic hydroxyl groups excluding tert-OH is 1. The van der Waals surface area contributed by atoms with E-state index in [9.17, 15) is 0 Å². The van der Waals surface area contributed by atoms with Crippen molar-refractivity contribution in [2.45, 2.75) is 25.6 Å². The molecule has 0 bridgehead atoms. The van der Waals surface area contributed by atoms with Crippen LogP contribution >= 0.6 is 23.2 Å². The predicted molar refractivity (Wildman–Crippen MR) is 136 cm³/mol. The maximum absolute atomic E-state index is 8.98. The number of anilines is 1. The van der Waals surface area contributed by atoms with Crippen molar-refractivity contribution in [3.8, 4) is 17.0 Å². The van der Waals surface area contributed by atoms with E-state index in [2.05, 4.69) is 25.1 Å². The highest BCUT2D eigenvalue weighted by molar-refractivity contribution is 6.35. The monoisotopic (exact) mass is 513 g/mol. The third-order valence-electron chi connectivity index (χ3n) is 6.08. The summed E-state index contributed by atoms with van der Waals surface area (Å²) in [5.41, 5.74) is 3.02. The average molecular weight is 514 g/mol. The van der Waals surface area contributed by atoms with Crippen LogP contribution in [0.15, 0.2) is 48.9 Å². The zero-order chi connectivity index (χ0) is 24.6. The summed E-state index contributed by atoms with van der Waals surface area (Å²) in [6.45, 7) is 5.77. The van der Waals surface area contributed by atoms with Gasteiger partial charge in [0.25, 0.3) is 0 Å². The van der Waals surface area contributed by atoms with Crippen LogP contribution in [0.5, 0.6) is 5.75 Å². The maximum atomic E-state index is 8.98. The summed E-state index contributed by atoms with van der Waals surface area (Å²) in [4.78, 5) is 10.8. The molecule has 4 aromatic rings. The van der Waals surface area contributed by atoms with Crippen molar-refractivity contribution in [1.82, 2.24) is 20.2 Å². The Bertz CT molecular complexity index is 1320. The van der Waals surface area contributed by atoms with Crippen LogP contribution in [0.1, 0.15) is 25.5 Å². The molecular weight excluding hydrogens is 489 g/mol. The van der Waals surface area contributed by atoms with Gasteiger partial charge in [-0.1, -0.05) is 23.2 Å². The van der Waals surface area contributed by atoms with Gasteiger partial charge in [-0.2, -0.15) is 5.10 Å². The average Bonchev–Trinajstić information content (AvgIpc) is 3.24. The Kier molecular flexibility index (Phi) is 6.55. The fourth-order valence-corrected chi connectivity index (χ4v) is 5.05. The molecule has 1 atom stereocenters. The molecule has 0 saturated carbocycles. The standard InChI is InChI=1S/C25H25Cl2N5O3/c1-15(23-19(26)11-28-12-20(23)27)35-17-4-5-21-18(9-17)24(31-30-21)16-3-6-22(29-10-16)32-13-25(2,14-32)34-8-7-33/h3-6,9-12,15,33H,7-8,13-14H2,1-2H3,(H,30,31)/t15-/m1/s1. The molecule has 10 heteroatoms. The minimum atomic E-state index is -0.365. The minimum absolute atomic E-state index is 0.0249. The number of rotatable bonds is 8. The third-order valence-corrected chi connectivity index (χ3v) is 6.68. The molecule has 2 N–H and O–H groups in total. The molecule has 1 saturated heterocycles. The van der Waals surface area contributed by atoms with Crippen LogP contribution in [-0.4, -0.2) is 57.2 Å². The lowest BCUT2D eigenvalue weighted by Crippen LogP contribution is -2.62. The topological polar surface area (TPSA) is 96.4 Å². The molecule has 182 valence electrons. The minimum Gasteiger partial charge on any atom is -0.486 e. The first-order chi connectivity index (χ1) is 16.9. The number of fused-ring (bicyclic) bond motifs is 1. The van der Waals surface area contributed by atoms with E-state index in [0.717, 1.165) is 41.1 Å². The van der Waals surface area contributed by atoms with Crippen molar-refractivity contribution in [3.63, 3.8) is 0 Å². The molecular formula is C25H25Cl2N5O3. The first-order valence-electron chi connectivity index (χ1n) is 11.3. The Morgan fingerprint density at radius 3 is 2.60 bits per heavy atom. The molecule has 35 heavy (non-hydrogen) atoms. The van der Waals surface area contributed by atoms with Gasteiger partial charge in [0.2, 0.25) is 0 Å². The van der Waals surface area contributed by atoms with Crippen molar-refractivity contribution >= 4 is 39.9 Å². The molecule has 0 aliphatic carbocycles. The van der Waals surface area contributed by atoms with Crippen LogP contribution in [0, 0.1) is 0 Å². The van der Waals surface area contributed by atoms with Gasteiger partial charge in [0.1, 0.15) is 29.0 Å². The van der Waals surface area contributed by atoms with E-state index in [0.29, 0.717) is 28.0 Å². The van der Waals surface area contributed by atoms with Gasteiger partial charge in [-0.3, -0.25) is 10.1 Å².